The zero-order valence-electron chi connectivity index (χ0n) is 11.5. The molecule has 104 valence electrons. The van der Waals surface area contributed by atoms with Crippen molar-refractivity contribution in [3.8, 4) is 0 Å². The standard InChI is InChI=1S/C15H27NOS/c1-2-11-18-13(4-1)12-16-14-5-3-6-15(14)7-9-17-10-8-15/h13-14,16H,1-12H2. The van der Waals surface area contributed by atoms with Crippen LogP contribution in [-0.2, 0) is 4.74 Å². The van der Waals surface area contributed by atoms with Crippen LogP contribution in [0.4, 0.5) is 0 Å². The lowest BCUT2D eigenvalue weighted by Gasteiger charge is -2.40. The van der Waals surface area contributed by atoms with Crippen molar-refractivity contribution in [1.82, 2.24) is 5.32 Å². The molecule has 3 rings (SSSR count). The molecule has 0 amide bonds. The third-order valence-electron chi connectivity index (χ3n) is 5.26. The van der Waals surface area contributed by atoms with Crippen LogP contribution in [0.25, 0.3) is 0 Å². The summed E-state index contributed by atoms with van der Waals surface area (Å²) in [6.07, 6.45) is 11.2. The average Bonchev–Trinajstić information content (AvgIpc) is 2.81. The van der Waals surface area contributed by atoms with Crippen LogP contribution < -0.4 is 5.32 Å². The van der Waals surface area contributed by atoms with Gasteiger partial charge < -0.3 is 10.1 Å². The van der Waals surface area contributed by atoms with Gasteiger partial charge in [-0.1, -0.05) is 12.8 Å². The first-order valence-corrected chi connectivity index (χ1v) is 8.87. The lowest BCUT2D eigenvalue weighted by atomic mass is 9.75. The van der Waals surface area contributed by atoms with Crippen LogP contribution in [-0.4, -0.2) is 36.8 Å². The van der Waals surface area contributed by atoms with Crippen LogP contribution in [0.1, 0.15) is 51.4 Å². The third-order valence-corrected chi connectivity index (χ3v) is 6.66. The maximum absolute atomic E-state index is 5.57. The van der Waals surface area contributed by atoms with E-state index in [1.165, 1.54) is 63.7 Å². The Hall–Kier alpha value is 0.270. The largest absolute Gasteiger partial charge is 0.381 e. The van der Waals surface area contributed by atoms with Gasteiger partial charge in [0.05, 0.1) is 0 Å². The smallest absolute Gasteiger partial charge is 0.0471 e. The summed E-state index contributed by atoms with van der Waals surface area (Å²) in [6, 6.07) is 0.781. The quantitative estimate of drug-likeness (QED) is 0.850. The van der Waals surface area contributed by atoms with Gasteiger partial charge in [-0.15, -0.1) is 0 Å². The Bertz CT molecular complexity index is 259. The van der Waals surface area contributed by atoms with Crippen molar-refractivity contribution in [2.75, 3.05) is 25.5 Å². The molecule has 2 nitrogen and oxygen atoms in total. The minimum absolute atomic E-state index is 0.595. The Morgan fingerprint density at radius 2 is 1.94 bits per heavy atom. The van der Waals surface area contributed by atoms with E-state index in [1.807, 2.05) is 0 Å². The number of rotatable bonds is 3. The lowest BCUT2D eigenvalue weighted by molar-refractivity contribution is 0.00451. The highest BCUT2D eigenvalue weighted by molar-refractivity contribution is 7.99. The van der Waals surface area contributed by atoms with Crippen molar-refractivity contribution < 1.29 is 4.74 Å². The Morgan fingerprint density at radius 3 is 2.72 bits per heavy atom. The van der Waals surface area contributed by atoms with Gasteiger partial charge in [0.2, 0.25) is 0 Å². The van der Waals surface area contributed by atoms with E-state index >= 15 is 0 Å². The lowest BCUT2D eigenvalue weighted by Crippen LogP contribution is -2.46. The topological polar surface area (TPSA) is 21.3 Å². The molecule has 0 aromatic heterocycles. The molecule has 18 heavy (non-hydrogen) atoms. The van der Waals surface area contributed by atoms with Gasteiger partial charge in [0, 0.05) is 31.1 Å². The number of ether oxygens (including phenoxy) is 1. The molecule has 2 saturated heterocycles. The summed E-state index contributed by atoms with van der Waals surface area (Å²) in [5.74, 6) is 1.38. The minimum Gasteiger partial charge on any atom is -0.381 e. The molecule has 0 bridgehead atoms. The molecule has 1 spiro atoms. The molecule has 2 atom stereocenters. The summed E-state index contributed by atoms with van der Waals surface area (Å²) in [5, 5.41) is 4.82. The molecule has 1 saturated carbocycles. The summed E-state index contributed by atoms with van der Waals surface area (Å²) in [4.78, 5) is 0. The summed E-state index contributed by atoms with van der Waals surface area (Å²) >= 11 is 2.19. The summed E-state index contributed by atoms with van der Waals surface area (Å²) in [6.45, 7) is 3.24. The highest BCUT2D eigenvalue weighted by atomic mass is 32.2. The first-order valence-electron chi connectivity index (χ1n) is 7.82. The molecule has 2 heterocycles. The van der Waals surface area contributed by atoms with Crippen molar-refractivity contribution >= 4 is 11.8 Å². The summed E-state index contributed by atoms with van der Waals surface area (Å²) in [7, 11) is 0. The van der Waals surface area contributed by atoms with Gasteiger partial charge in [0.25, 0.3) is 0 Å². The van der Waals surface area contributed by atoms with Gasteiger partial charge in [-0.3, -0.25) is 0 Å². The molecule has 2 unspecified atom stereocenters. The van der Waals surface area contributed by atoms with Crippen molar-refractivity contribution in [2.45, 2.75) is 62.7 Å². The molecule has 0 radical (unpaired) electrons. The second-order valence-corrected chi connectivity index (χ2v) is 7.72. The maximum atomic E-state index is 5.57. The van der Waals surface area contributed by atoms with E-state index < -0.39 is 0 Å². The zero-order valence-corrected chi connectivity index (χ0v) is 12.3. The van der Waals surface area contributed by atoms with Gasteiger partial charge in [0.1, 0.15) is 0 Å². The monoisotopic (exact) mass is 269 g/mol. The molecule has 3 aliphatic rings. The fraction of sp³-hybridized carbons (Fsp3) is 1.00. The normalized spacial score (nSPS) is 36.0. The second kappa shape index (κ2) is 6.15. The molecule has 2 aliphatic heterocycles. The predicted molar refractivity (Wildman–Crippen MR) is 78.2 cm³/mol. The van der Waals surface area contributed by atoms with Crippen LogP contribution in [0.2, 0.25) is 0 Å². The Labute approximate surface area is 116 Å². The molecular formula is C15H27NOS. The van der Waals surface area contributed by atoms with E-state index in [4.69, 9.17) is 4.74 Å². The molecule has 3 heteroatoms. The van der Waals surface area contributed by atoms with E-state index in [1.54, 1.807) is 0 Å². The highest BCUT2D eigenvalue weighted by Gasteiger charge is 2.43. The minimum atomic E-state index is 0.595. The van der Waals surface area contributed by atoms with Crippen LogP contribution in [0.3, 0.4) is 0 Å². The van der Waals surface area contributed by atoms with Crippen LogP contribution in [0, 0.1) is 5.41 Å². The first-order chi connectivity index (χ1) is 8.89. The molecule has 1 N–H and O–H groups in total. The van der Waals surface area contributed by atoms with E-state index in [2.05, 4.69) is 17.1 Å². The van der Waals surface area contributed by atoms with Crippen molar-refractivity contribution in [3.63, 3.8) is 0 Å². The van der Waals surface area contributed by atoms with Crippen molar-refractivity contribution in [1.29, 1.82) is 0 Å². The molecule has 0 aromatic carbocycles. The number of nitrogens with one attached hydrogen (secondary N) is 1. The van der Waals surface area contributed by atoms with Crippen molar-refractivity contribution in [3.05, 3.63) is 0 Å². The van der Waals surface area contributed by atoms with E-state index in [-0.39, 0.29) is 0 Å². The fourth-order valence-electron chi connectivity index (χ4n) is 4.08. The molecule has 1 aliphatic carbocycles. The first kappa shape index (κ1) is 13.3. The summed E-state index contributed by atoms with van der Waals surface area (Å²) < 4.78 is 5.57. The van der Waals surface area contributed by atoms with E-state index in [0.717, 1.165) is 24.5 Å². The predicted octanol–water partition coefficient (Wildman–Crippen LogP) is 3.21. The van der Waals surface area contributed by atoms with Crippen LogP contribution in [0.5, 0.6) is 0 Å². The van der Waals surface area contributed by atoms with Gasteiger partial charge in [-0.05, 0) is 49.7 Å². The van der Waals surface area contributed by atoms with Gasteiger partial charge in [-0.25, -0.2) is 0 Å². The Kier molecular flexibility index (Phi) is 4.53. The SMILES string of the molecule is C1CCC(CNC2CCCC23CCOCC3)SC1. The van der Waals surface area contributed by atoms with Crippen molar-refractivity contribution in [2.24, 2.45) is 5.41 Å². The Morgan fingerprint density at radius 1 is 1.06 bits per heavy atom. The number of hydrogen-bond acceptors (Lipinski definition) is 3. The van der Waals surface area contributed by atoms with E-state index in [0.29, 0.717) is 5.41 Å². The Balaban J connectivity index is 1.51. The van der Waals surface area contributed by atoms with Crippen LogP contribution >= 0.6 is 11.8 Å². The average molecular weight is 269 g/mol. The van der Waals surface area contributed by atoms with E-state index in [9.17, 15) is 0 Å². The number of thioether (sulfide) groups is 1. The second-order valence-electron chi connectivity index (χ2n) is 6.32. The summed E-state index contributed by atoms with van der Waals surface area (Å²) in [5.41, 5.74) is 0.595. The van der Waals surface area contributed by atoms with Crippen LogP contribution in [0.15, 0.2) is 0 Å². The number of hydrogen-bond donors (Lipinski definition) is 1. The molecule has 0 aromatic rings. The fourth-order valence-corrected chi connectivity index (χ4v) is 5.33. The molecular weight excluding hydrogens is 242 g/mol. The zero-order chi connectivity index (χ0) is 12.3. The van der Waals surface area contributed by atoms with Gasteiger partial charge in [-0.2, -0.15) is 11.8 Å². The molecule has 3 fully saturated rings. The van der Waals surface area contributed by atoms with Gasteiger partial charge in [0.15, 0.2) is 0 Å². The third kappa shape index (κ3) is 2.88. The maximum Gasteiger partial charge on any atom is 0.0471 e. The highest BCUT2D eigenvalue weighted by Crippen LogP contribution is 2.46. The van der Waals surface area contributed by atoms with Gasteiger partial charge >= 0.3 is 0 Å².